The smallest absolute Gasteiger partial charge is 0.165 e. The van der Waals surface area contributed by atoms with E-state index in [0.29, 0.717) is 23.5 Å². The molecule has 86 valence electrons. The van der Waals surface area contributed by atoms with Crippen LogP contribution in [0, 0.1) is 0 Å². The maximum atomic E-state index is 9.60. The zero-order chi connectivity index (χ0) is 11.5. The predicted molar refractivity (Wildman–Crippen MR) is 57.6 cm³/mol. The van der Waals surface area contributed by atoms with Gasteiger partial charge in [0, 0.05) is 7.11 Å². The third-order valence-electron chi connectivity index (χ3n) is 2.20. The summed E-state index contributed by atoms with van der Waals surface area (Å²) in [5.41, 5.74) is 6.81. The van der Waals surface area contributed by atoms with Gasteiger partial charge in [0.1, 0.15) is 11.8 Å². The summed E-state index contributed by atoms with van der Waals surface area (Å²) in [6.45, 7) is 0.626. The first-order valence-electron chi connectivity index (χ1n) is 4.80. The van der Waals surface area contributed by atoms with E-state index in [1.807, 2.05) is 0 Å². The SMILES string of the molecule is COC[C@H](O)Cn1cnc2c(N)ncnc21. The third-order valence-corrected chi connectivity index (χ3v) is 2.20. The minimum Gasteiger partial charge on any atom is -0.389 e. The van der Waals surface area contributed by atoms with Crippen LogP contribution in [0.5, 0.6) is 0 Å². The number of nitrogens with two attached hydrogens (primary N) is 1. The van der Waals surface area contributed by atoms with Crippen molar-refractivity contribution in [3.05, 3.63) is 12.7 Å². The lowest BCUT2D eigenvalue weighted by atomic mass is 10.4. The van der Waals surface area contributed by atoms with Crippen LogP contribution in [0.1, 0.15) is 0 Å². The molecule has 0 aliphatic heterocycles. The summed E-state index contributed by atoms with van der Waals surface area (Å²) in [5.74, 6) is 0.338. The van der Waals surface area contributed by atoms with E-state index in [4.69, 9.17) is 10.5 Å². The molecule has 0 saturated carbocycles. The van der Waals surface area contributed by atoms with E-state index in [2.05, 4.69) is 15.0 Å². The quantitative estimate of drug-likeness (QED) is 0.719. The summed E-state index contributed by atoms with van der Waals surface area (Å²) >= 11 is 0. The molecule has 16 heavy (non-hydrogen) atoms. The Bertz CT molecular complexity index is 484. The van der Waals surface area contributed by atoms with Crippen LogP contribution in [0.25, 0.3) is 11.2 Å². The molecule has 0 aromatic carbocycles. The molecule has 1 atom stereocenters. The molecule has 0 bridgehead atoms. The zero-order valence-corrected chi connectivity index (χ0v) is 8.87. The van der Waals surface area contributed by atoms with E-state index in [-0.39, 0.29) is 6.61 Å². The molecular formula is C9H13N5O2. The molecule has 0 saturated heterocycles. The van der Waals surface area contributed by atoms with E-state index < -0.39 is 6.10 Å². The Hall–Kier alpha value is -1.73. The van der Waals surface area contributed by atoms with Crippen molar-refractivity contribution in [2.75, 3.05) is 19.5 Å². The van der Waals surface area contributed by atoms with Crippen molar-refractivity contribution in [1.82, 2.24) is 19.5 Å². The number of aliphatic hydroxyl groups excluding tert-OH is 1. The van der Waals surface area contributed by atoms with Gasteiger partial charge in [0.15, 0.2) is 11.5 Å². The molecule has 0 amide bonds. The number of nitrogen functional groups attached to an aromatic ring is 1. The normalized spacial score (nSPS) is 13.1. The second kappa shape index (κ2) is 4.42. The maximum absolute atomic E-state index is 9.60. The van der Waals surface area contributed by atoms with Gasteiger partial charge in [-0.2, -0.15) is 0 Å². The van der Waals surface area contributed by atoms with Crippen LogP contribution in [0.3, 0.4) is 0 Å². The average Bonchev–Trinajstić information content (AvgIpc) is 2.64. The lowest BCUT2D eigenvalue weighted by Crippen LogP contribution is -2.20. The number of rotatable bonds is 4. The summed E-state index contributed by atoms with van der Waals surface area (Å²) in [5, 5.41) is 9.60. The van der Waals surface area contributed by atoms with Crippen molar-refractivity contribution in [3.63, 3.8) is 0 Å². The van der Waals surface area contributed by atoms with Crippen molar-refractivity contribution >= 4 is 17.0 Å². The van der Waals surface area contributed by atoms with Crippen molar-refractivity contribution in [3.8, 4) is 0 Å². The minimum atomic E-state index is -0.599. The number of nitrogens with zero attached hydrogens (tertiary/aromatic N) is 4. The first kappa shape index (κ1) is 10.8. The highest BCUT2D eigenvalue weighted by molar-refractivity contribution is 5.81. The van der Waals surface area contributed by atoms with E-state index in [1.54, 1.807) is 10.9 Å². The van der Waals surface area contributed by atoms with Gasteiger partial charge in [-0.3, -0.25) is 0 Å². The molecule has 3 N–H and O–H groups in total. The van der Waals surface area contributed by atoms with Crippen LogP contribution in [0.15, 0.2) is 12.7 Å². The molecule has 0 fully saturated rings. The van der Waals surface area contributed by atoms with E-state index >= 15 is 0 Å². The van der Waals surface area contributed by atoms with Gasteiger partial charge in [-0.1, -0.05) is 0 Å². The number of aromatic nitrogens is 4. The van der Waals surface area contributed by atoms with E-state index in [0.717, 1.165) is 0 Å². The summed E-state index contributed by atoms with van der Waals surface area (Å²) < 4.78 is 6.57. The molecule has 2 aromatic rings. The number of anilines is 1. The lowest BCUT2D eigenvalue weighted by molar-refractivity contribution is 0.0543. The predicted octanol–water partition coefficient (Wildman–Crippen LogP) is -0.584. The average molecular weight is 223 g/mol. The fourth-order valence-electron chi connectivity index (χ4n) is 1.50. The summed E-state index contributed by atoms with van der Waals surface area (Å²) in [4.78, 5) is 12.0. The first-order valence-corrected chi connectivity index (χ1v) is 4.80. The fourth-order valence-corrected chi connectivity index (χ4v) is 1.50. The second-order valence-electron chi connectivity index (χ2n) is 3.44. The molecule has 0 unspecified atom stereocenters. The van der Waals surface area contributed by atoms with Crippen LogP contribution >= 0.6 is 0 Å². The Morgan fingerprint density at radius 1 is 1.50 bits per heavy atom. The van der Waals surface area contributed by atoms with Crippen LogP contribution in [-0.2, 0) is 11.3 Å². The van der Waals surface area contributed by atoms with Gasteiger partial charge in [0.05, 0.1) is 25.6 Å². The Morgan fingerprint density at radius 3 is 3.06 bits per heavy atom. The van der Waals surface area contributed by atoms with Crippen molar-refractivity contribution in [1.29, 1.82) is 0 Å². The Morgan fingerprint density at radius 2 is 2.31 bits per heavy atom. The Labute approximate surface area is 91.9 Å². The van der Waals surface area contributed by atoms with Crippen molar-refractivity contribution in [2.24, 2.45) is 0 Å². The molecule has 0 aliphatic carbocycles. The number of methoxy groups -OCH3 is 1. The molecule has 0 radical (unpaired) electrons. The number of hydrogen-bond acceptors (Lipinski definition) is 6. The van der Waals surface area contributed by atoms with Gasteiger partial charge in [-0.15, -0.1) is 0 Å². The Kier molecular flexibility index (Phi) is 2.97. The van der Waals surface area contributed by atoms with E-state index in [9.17, 15) is 5.11 Å². The van der Waals surface area contributed by atoms with Gasteiger partial charge in [-0.05, 0) is 0 Å². The number of fused-ring (bicyclic) bond motifs is 1. The van der Waals surface area contributed by atoms with Gasteiger partial charge in [-0.25, -0.2) is 15.0 Å². The van der Waals surface area contributed by atoms with Crippen LogP contribution in [0.4, 0.5) is 5.82 Å². The number of aliphatic hydroxyl groups is 1. The highest BCUT2D eigenvalue weighted by Gasteiger charge is 2.11. The van der Waals surface area contributed by atoms with Crippen LogP contribution in [-0.4, -0.2) is 44.4 Å². The molecular weight excluding hydrogens is 210 g/mol. The number of imidazole rings is 1. The third kappa shape index (κ3) is 1.95. The monoisotopic (exact) mass is 223 g/mol. The van der Waals surface area contributed by atoms with Gasteiger partial charge >= 0.3 is 0 Å². The van der Waals surface area contributed by atoms with Crippen molar-refractivity contribution in [2.45, 2.75) is 12.6 Å². The summed E-state index contributed by atoms with van der Waals surface area (Å²) in [6, 6.07) is 0. The summed E-state index contributed by atoms with van der Waals surface area (Å²) in [6.07, 6.45) is 2.35. The lowest BCUT2D eigenvalue weighted by Gasteiger charge is -2.10. The summed E-state index contributed by atoms with van der Waals surface area (Å²) in [7, 11) is 1.54. The maximum Gasteiger partial charge on any atom is 0.165 e. The fraction of sp³-hybridized carbons (Fsp3) is 0.444. The molecule has 2 heterocycles. The van der Waals surface area contributed by atoms with Gasteiger partial charge < -0.3 is 20.1 Å². The molecule has 0 spiro atoms. The Balaban J connectivity index is 2.28. The van der Waals surface area contributed by atoms with Gasteiger partial charge in [0.25, 0.3) is 0 Å². The second-order valence-corrected chi connectivity index (χ2v) is 3.44. The molecule has 7 heteroatoms. The van der Waals surface area contributed by atoms with Crippen molar-refractivity contribution < 1.29 is 9.84 Å². The minimum absolute atomic E-state index is 0.264. The largest absolute Gasteiger partial charge is 0.389 e. The number of hydrogen-bond donors (Lipinski definition) is 2. The van der Waals surface area contributed by atoms with Gasteiger partial charge in [0.2, 0.25) is 0 Å². The van der Waals surface area contributed by atoms with Crippen LogP contribution in [0.2, 0.25) is 0 Å². The molecule has 0 aliphatic rings. The number of ether oxygens (including phenoxy) is 1. The standard InChI is InChI=1S/C9H13N5O2/c1-16-3-6(15)2-14-5-13-7-8(10)11-4-12-9(7)14/h4-6,15H,2-3H2,1H3,(H2,10,11,12)/t6-/m1/s1. The molecule has 7 nitrogen and oxygen atoms in total. The molecule has 2 rings (SSSR count). The molecule has 2 aromatic heterocycles. The van der Waals surface area contributed by atoms with Crippen LogP contribution < -0.4 is 5.73 Å². The topological polar surface area (TPSA) is 99.1 Å². The highest BCUT2D eigenvalue weighted by Crippen LogP contribution is 2.14. The first-order chi connectivity index (χ1) is 7.72. The highest BCUT2D eigenvalue weighted by atomic mass is 16.5. The van der Waals surface area contributed by atoms with E-state index in [1.165, 1.54) is 13.4 Å². The zero-order valence-electron chi connectivity index (χ0n) is 8.87.